The minimum Gasteiger partial charge on any atom is -0.207 e. The monoisotopic (exact) mass is 230 g/mol. The normalized spacial score (nSPS) is 10.5. The molecule has 0 aliphatic carbocycles. The third-order valence-electron chi connectivity index (χ3n) is 1.72. The first-order valence-electron chi connectivity index (χ1n) is 3.87. The first kappa shape index (κ1) is 9.62. The largest absolute Gasteiger partial charge is 0.207 e. The smallest absolute Gasteiger partial charge is 0.126 e. The maximum absolute atomic E-state index is 12.9. The molecule has 0 amide bonds. The molecule has 0 fully saturated rings. The summed E-state index contributed by atoms with van der Waals surface area (Å²) in [6.45, 7) is 0. The van der Waals surface area contributed by atoms with E-state index in [4.69, 9.17) is 11.6 Å². The van der Waals surface area contributed by atoms with E-state index in [0.29, 0.717) is 9.90 Å². The van der Waals surface area contributed by atoms with Crippen LogP contribution < -0.4 is 0 Å². The SMILES string of the molecule is Fc1cc(F)cc(-c2ccc(Cl)s2)c1. The van der Waals surface area contributed by atoms with Crippen LogP contribution in [0, 0.1) is 11.6 Å². The number of hydrogen-bond donors (Lipinski definition) is 0. The van der Waals surface area contributed by atoms with Gasteiger partial charge in [0.15, 0.2) is 0 Å². The van der Waals surface area contributed by atoms with Crippen LogP contribution in [-0.2, 0) is 0 Å². The molecule has 1 heterocycles. The Morgan fingerprint density at radius 1 is 1.00 bits per heavy atom. The zero-order valence-electron chi connectivity index (χ0n) is 6.93. The molecule has 0 unspecified atom stereocenters. The van der Waals surface area contributed by atoms with E-state index in [9.17, 15) is 8.78 Å². The van der Waals surface area contributed by atoms with Gasteiger partial charge < -0.3 is 0 Å². The molecule has 72 valence electrons. The van der Waals surface area contributed by atoms with Crippen molar-refractivity contribution in [2.75, 3.05) is 0 Å². The standard InChI is InChI=1S/C10H5ClF2S/c11-10-2-1-9(14-10)6-3-7(12)5-8(13)4-6/h1-5H. The second-order valence-corrected chi connectivity index (χ2v) is 4.48. The van der Waals surface area contributed by atoms with Gasteiger partial charge in [0, 0.05) is 10.9 Å². The Kier molecular flexibility index (Phi) is 2.52. The van der Waals surface area contributed by atoms with E-state index in [1.165, 1.54) is 23.5 Å². The number of halogens is 3. The average molecular weight is 231 g/mol. The molecule has 0 aliphatic heterocycles. The third kappa shape index (κ3) is 1.94. The van der Waals surface area contributed by atoms with Crippen LogP contribution in [0.5, 0.6) is 0 Å². The van der Waals surface area contributed by atoms with Crippen molar-refractivity contribution >= 4 is 22.9 Å². The van der Waals surface area contributed by atoms with E-state index >= 15 is 0 Å². The fraction of sp³-hybridized carbons (Fsp3) is 0. The highest BCUT2D eigenvalue weighted by molar-refractivity contribution is 7.19. The predicted molar refractivity (Wildman–Crippen MR) is 54.7 cm³/mol. The van der Waals surface area contributed by atoms with Crippen molar-refractivity contribution in [2.45, 2.75) is 0 Å². The third-order valence-corrected chi connectivity index (χ3v) is 3.00. The van der Waals surface area contributed by atoms with Crippen molar-refractivity contribution in [1.82, 2.24) is 0 Å². The van der Waals surface area contributed by atoms with Crippen molar-refractivity contribution in [1.29, 1.82) is 0 Å². The van der Waals surface area contributed by atoms with Gasteiger partial charge in [0.05, 0.1) is 4.34 Å². The van der Waals surface area contributed by atoms with Gasteiger partial charge in [-0.25, -0.2) is 8.78 Å². The first-order chi connectivity index (χ1) is 6.65. The maximum atomic E-state index is 12.9. The van der Waals surface area contributed by atoms with Gasteiger partial charge in [-0.1, -0.05) is 11.6 Å². The summed E-state index contributed by atoms with van der Waals surface area (Å²) < 4.78 is 26.3. The molecule has 0 spiro atoms. The molecule has 0 saturated heterocycles. The van der Waals surface area contributed by atoms with Gasteiger partial charge in [-0.3, -0.25) is 0 Å². The minimum atomic E-state index is -0.579. The Hall–Kier alpha value is -0.930. The van der Waals surface area contributed by atoms with Crippen LogP contribution in [0.3, 0.4) is 0 Å². The van der Waals surface area contributed by atoms with Crippen LogP contribution in [0.25, 0.3) is 10.4 Å². The van der Waals surface area contributed by atoms with Crippen LogP contribution in [-0.4, -0.2) is 0 Å². The molecule has 0 aliphatic rings. The number of rotatable bonds is 1. The van der Waals surface area contributed by atoms with Crippen LogP contribution >= 0.6 is 22.9 Å². The van der Waals surface area contributed by atoms with Crippen LogP contribution in [0.2, 0.25) is 4.34 Å². The maximum Gasteiger partial charge on any atom is 0.126 e. The van der Waals surface area contributed by atoms with E-state index in [2.05, 4.69) is 0 Å². The molecule has 0 saturated carbocycles. The predicted octanol–water partition coefficient (Wildman–Crippen LogP) is 4.35. The fourth-order valence-electron chi connectivity index (χ4n) is 1.17. The van der Waals surface area contributed by atoms with Crippen molar-refractivity contribution in [3.8, 4) is 10.4 Å². The molecule has 2 rings (SSSR count). The molecular weight excluding hydrogens is 226 g/mol. The Bertz CT molecular complexity index is 445. The summed E-state index contributed by atoms with van der Waals surface area (Å²) >= 11 is 7.01. The highest BCUT2D eigenvalue weighted by Crippen LogP contribution is 2.31. The molecule has 4 heteroatoms. The van der Waals surface area contributed by atoms with Gasteiger partial charge >= 0.3 is 0 Å². The van der Waals surface area contributed by atoms with Crippen LogP contribution in [0.4, 0.5) is 8.78 Å². The van der Waals surface area contributed by atoms with Gasteiger partial charge in [0.25, 0.3) is 0 Å². The number of benzene rings is 1. The second kappa shape index (κ2) is 3.67. The molecule has 0 atom stereocenters. The minimum absolute atomic E-state index is 0.513. The lowest BCUT2D eigenvalue weighted by molar-refractivity contribution is 0.584. The lowest BCUT2D eigenvalue weighted by Gasteiger charge is -1.97. The summed E-state index contributed by atoms with van der Waals surface area (Å²) in [4.78, 5) is 0.758. The molecule has 2 aromatic rings. The molecule has 1 aromatic heterocycles. The average Bonchev–Trinajstić information content (AvgIpc) is 2.50. The lowest BCUT2D eigenvalue weighted by atomic mass is 10.2. The molecule has 14 heavy (non-hydrogen) atoms. The van der Waals surface area contributed by atoms with E-state index in [0.717, 1.165) is 10.9 Å². The van der Waals surface area contributed by atoms with Crippen molar-refractivity contribution < 1.29 is 8.78 Å². The summed E-state index contributed by atoms with van der Waals surface area (Å²) in [6.07, 6.45) is 0. The van der Waals surface area contributed by atoms with Crippen LogP contribution in [0.1, 0.15) is 0 Å². The van der Waals surface area contributed by atoms with E-state index in [1.54, 1.807) is 12.1 Å². The highest BCUT2D eigenvalue weighted by Gasteiger charge is 2.05. The molecule has 0 radical (unpaired) electrons. The summed E-state index contributed by atoms with van der Waals surface area (Å²) in [7, 11) is 0. The Morgan fingerprint density at radius 2 is 1.64 bits per heavy atom. The van der Waals surface area contributed by atoms with E-state index in [1.807, 2.05) is 0 Å². The van der Waals surface area contributed by atoms with Crippen LogP contribution in [0.15, 0.2) is 30.3 Å². The number of hydrogen-bond acceptors (Lipinski definition) is 1. The molecule has 1 aromatic carbocycles. The topological polar surface area (TPSA) is 0 Å². The summed E-state index contributed by atoms with van der Waals surface area (Å²) in [5, 5.41) is 0. The number of thiophene rings is 1. The van der Waals surface area contributed by atoms with Gasteiger partial charge in [0.2, 0.25) is 0 Å². The summed E-state index contributed by atoms with van der Waals surface area (Å²) in [5.74, 6) is -1.16. The molecule has 0 N–H and O–H groups in total. The van der Waals surface area contributed by atoms with Gasteiger partial charge in [-0.2, -0.15) is 0 Å². The first-order valence-corrected chi connectivity index (χ1v) is 5.06. The zero-order chi connectivity index (χ0) is 10.1. The molecule has 0 bridgehead atoms. The van der Waals surface area contributed by atoms with Gasteiger partial charge in [-0.15, -0.1) is 11.3 Å². The second-order valence-electron chi connectivity index (χ2n) is 2.76. The quantitative estimate of drug-likeness (QED) is 0.683. The van der Waals surface area contributed by atoms with E-state index in [-0.39, 0.29) is 0 Å². The Balaban J connectivity index is 2.51. The summed E-state index contributed by atoms with van der Waals surface area (Å²) in [5.41, 5.74) is 0.513. The Morgan fingerprint density at radius 3 is 2.14 bits per heavy atom. The van der Waals surface area contributed by atoms with Crippen molar-refractivity contribution in [3.63, 3.8) is 0 Å². The summed E-state index contributed by atoms with van der Waals surface area (Å²) in [6, 6.07) is 6.85. The lowest BCUT2D eigenvalue weighted by Crippen LogP contribution is -1.81. The molecular formula is C10H5ClF2S. The van der Waals surface area contributed by atoms with Crippen molar-refractivity contribution in [2.24, 2.45) is 0 Å². The van der Waals surface area contributed by atoms with Gasteiger partial charge in [-0.05, 0) is 29.8 Å². The highest BCUT2D eigenvalue weighted by atomic mass is 35.5. The van der Waals surface area contributed by atoms with Gasteiger partial charge in [0.1, 0.15) is 11.6 Å². The van der Waals surface area contributed by atoms with E-state index < -0.39 is 11.6 Å². The van der Waals surface area contributed by atoms with Crippen molar-refractivity contribution in [3.05, 3.63) is 46.3 Å². The zero-order valence-corrected chi connectivity index (χ0v) is 8.50. The molecule has 0 nitrogen and oxygen atoms in total. The fourth-order valence-corrected chi connectivity index (χ4v) is 2.20. The Labute approximate surface area is 88.8 Å².